The van der Waals surface area contributed by atoms with Gasteiger partial charge < -0.3 is 0 Å². The van der Waals surface area contributed by atoms with Crippen LogP contribution in [0.2, 0.25) is 5.02 Å². The Morgan fingerprint density at radius 2 is 1.56 bits per heavy atom. The summed E-state index contributed by atoms with van der Waals surface area (Å²) in [5.74, 6) is 0. The van der Waals surface area contributed by atoms with Crippen molar-refractivity contribution < 1.29 is 13.2 Å². The zero-order valence-electron chi connectivity index (χ0n) is 11.1. The molecule has 18 heavy (non-hydrogen) atoms. The number of pyridine rings is 1. The summed E-state index contributed by atoms with van der Waals surface area (Å²) in [6, 6.07) is 0.942. The molecule has 1 rings (SSSR count). The first-order valence-corrected chi connectivity index (χ1v) is 5.98. The fraction of sp³-hybridized carbons (Fsp3) is 0.615. The van der Waals surface area contributed by atoms with Gasteiger partial charge in [-0.2, -0.15) is 13.2 Å². The van der Waals surface area contributed by atoms with Crippen LogP contribution in [-0.2, 0) is 11.6 Å². The molecule has 0 amide bonds. The van der Waals surface area contributed by atoms with E-state index in [4.69, 9.17) is 11.6 Å². The Bertz CT molecular complexity index is 445. The van der Waals surface area contributed by atoms with Crippen molar-refractivity contribution in [3.05, 3.63) is 28.5 Å². The van der Waals surface area contributed by atoms with Crippen LogP contribution in [0.1, 0.15) is 45.9 Å². The van der Waals surface area contributed by atoms with Crippen LogP contribution in [-0.4, -0.2) is 4.98 Å². The lowest BCUT2D eigenvalue weighted by Gasteiger charge is -2.39. The molecule has 0 bridgehead atoms. The maximum atomic E-state index is 13.0. The molecule has 0 spiro atoms. The highest BCUT2D eigenvalue weighted by Crippen LogP contribution is 2.45. The standard InChI is InChI=1S/C13H17ClF3N/c1-11(2,3)12(4,5)10-9(13(15,16)17)6-8(14)7-18-10/h6-7H,1-5H3. The van der Waals surface area contributed by atoms with E-state index in [0.29, 0.717) is 0 Å². The molecule has 0 unspecified atom stereocenters. The van der Waals surface area contributed by atoms with Crippen molar-refractivity contribution in [1.82, 2.24) is 4.98 Å². The van der Waals surface area contributed by atoms with Gasteiger partial charge in [-0.3, -0.25) is 4.98 Å². The molecule has 1 aromatic rings. The Hall–Kier alpha value is -0.770. The Labute approximate surface area is 110 Å². The average Bonchev–Trinajstić information content (AvgIpc) is 2.13. The molecule has 0 aromatic carbocycles. The molecule has 0 N–H and O–H groups in total. The highest BCUT2D eigenvalue weighted by molar-refractivity contribution is 6.30. The van der Waals surface area contributed by atoms with E-state index in [-0.39, 0.29) is 16.1 Å². The van der Waals surface area contributed by atoms with Crippen LogP contribution in [0.4, 0.5) is 13.2 Å². The summed E-state index contributed by atoms with van der Waals surface area (Å²) in [5, 5.41) is -0.00390. The van der Waals surface area contributed by atoms with Gasteiger partial charge in [0.05, 0.1) is 16.3 Å². The second-order valence-electron chi connectivity index (χ2n) is 5.92. The van der Waals surface area contributed by atoms with E-state index >= 15 is 0 Å². The molecule has 102 valence electrons. The van der Waals surface area contributed by atoms with E-state index in [1.807, 2.05) is 20.8 Å². The summed E-state index contributed by atoms with van der Waals surface area (Å²) in [6.45, 7) is 9.20. The number of aromatic nitrogens is 1. The summed E-state index contributed by atoms with van der Waals surface area (Å²) < 4.78 is 39.1. The largest absolute Gasteiger partial charge is 0.418 e. The second kappa shape index (κ2) is 4.41. The third-order valence-electron chi connectivity index (χ3n) is 3.63. The van der Waals surface area contributed by atoms with Crippen LogP contribution in [0, 0.1) is 5.41 Å². The van der Waals surface area contributed by atoms with Gasteiger partial charge in [-0.1, -0.05) is 46.2 Å². The van der Waals surface area contributed by atoms with Gasteiger partial charge in [0.1, 0.15) is 0 Å². The quantitative estimate of drug-likeness (QED) is 0.699. The van der Waals surface area contributed by atoms with Gasteiger partial charge in [0.2, 0.25) is 0 Å². The molecule has 1 nitrogen and oxygen atoms in total. The Morgan fingerprint density at radius 1 is 1.06 bits per heavy atom. The number of nitrogens with zero attached hydrogens (tertiary/aromatic N) is 1. The molecule has 0 saturated carbocycles. The van der Waals surface area contributed by atoms with Gasteiger partial charge in [-0.25, -0.2) is 0 Å². The molecule has 0 radical (unpaired) electrons. The summed E-state index contributed by atoms with van der Waals surface area (Å²) in [7, 11) is 0. The molecule has 5 heteroatoms. The molecule has 1 aromatic heterocycles. The Kier molecular flexibility index (Phi) is 3.74. The van der Waals surface area contributed by atoms with Gasteiger partial charge in [-0.05, 0) is 11.5 Å². The van der Waals surface area contributed by atoms with Gasteiger partial charge in [-0.15, -0.1) is 0 Å². The summed E-state index contributed by atoms with van der Waals surface area (Å²) in [4.78, 5) is 3.93. The van der Waals surface area contributed by atoms with Crippen LogP contribution in [0.3, 0.4) is 0 Å². The first kappa shape index (κ1) is 15.3. The predicted octanol–water partition coefficient (Wildman–Crippen LogP) is 5.08. The predicted molar refractivity (Wildman–Crippen MR) is 66.7 cm³/mol. The third-order valence-corrected chi connectivity index (χ3v) is 3.83. The number of halogens is 4. The van der Waals surface area contributed by atoms with Crippen LogP contribution >= 0.6 is 11.6 Å². The van der Waals surface area contributed by atoms with E-state index < -0.39 is 17.2 Å². The van der Waals surface area contributed by atoms with E-state index in [9.17, 15) is 13.2 Å². The summed E-state index contributed by atoms with van der Waals surface area (Å²) in [6.07, 6.45) is -3.19. The lowest BCUT2D eigenvalue weighted by molar-refractivity contribution is -0.139. The zero-order valence-corrected chi connectivity index (χ0v) is 11.9. The van der Waals surface area contributed by atoms with Crippen molar-refractivity contribution in [3.8, 4) is 0 Å². The molecule has 0 aliphatic carbocycles. The summed E-state index contributed by atoms with van der Waals surface area (Å²) >= 11 is 5.62. The van der Waals surface area contributed by atoms with Gasteiger partial charge in [0.25, 0.3) is 0 Å². The topological polar surface area (TPSA) is 12.9 Å². The first-order chi connectivity index (χ1) is 7.87. The minimum Gasteiger partial charge on any atom is -0.259 e. The molecular weight excluding hydrogens is 263 g/mol. The van der Waals surface area contributed by atoms with Crippen LogP contribution in [0.15, 0.2) is 12.3 Å². The van der Waals surface area contributed by atoms with E-state index in [1.54, 1.807) is 13.8 Å². The molecule has 0 atom stereocenters. The van der Waals surface area contributed by atoms with E-state index in [0.717, 1.165) is 6.07 Å². The highest BCUT2D eigenvalue weighted by Gasteiger charge is 2.43. The van der Waals surface area contributed by atoms with Gasteiger partial charge in [0.15, 0.2) is 0 Å². The fourth-order valence-electron chi connectivity index (χ4n) is 1.51. The number of alkyl halides is 3. The van der Waals surface area contributed by atoms with E-state index in [1.165, 1.54) is 6.20 Å². The smallest absolute Gasteiger partial charge is 0.259 e. The van der Waals surface area contributed by atoms with E-state index in [2.05, 4.69) is 4.98 Å². The van der Waals surface area contributed by atoms with Crippen molar-refractivity contribution in [2.24, 2.45) is 5.41 Å². The fourth-order valence-corrected chi connectivity index (χ4v) is 1.67. The monoisotopic (exact) mass is 279 g/mol. The minimum atomic E-state index is -4.45. The van der Waals surface area contributed by atoms with Crippen LogP contribution in [0.5, 0.6) is 0 Å². The van der Waals surface area contributed by atoms with Crippen LogP contribution < -0.4 is 0 Å². The maximum absolute atomic E-state index is 13.0. The third kappa shape index (κ3) is 2.79. The minimum absolute atomic E-state index is 0.00390. The second-order valence-corrected chi connectivity index (χ2v) is 6.36. The highest BCUT2D eigenvalue weighted by atomic mass is 35.5. The maximum Gasteiger partial charge on any atom is 0.418 e. The SMILES string of the molecule is CC(C)(C)C(C)(C)c1ncc(Cl)cc1C(F)(F)F. The van der Waals surface area contributed by atoms with Crippen molar-refractivity contribution in [3.63, 3.8) is 0 Å². The average molecular weight is 280 g/mol. The Balaban J connectivity index is 3.52. The van der Waals surface area contributed by atoms with Crippen molar-refractivity contribution in [2.75, 3.05) is 0 Å². The zero-order chi connectivity index (χ0) is 14.4. The van der Waals surface area contributed by atoms with Gasteiger partial charge >= 0.3 is 6.18 Å². The van der Waals surface area contributed by atoms with Crippen molar-refractivity contribution in [1.29, 1.82) is 0 Å². The molecular formula is C13H17ClF3N. The molecule has 0 aliphatic heterocycles. The number of hydrogen-bond donors (Lipinski definition) is 0. The Morgan fingerprint density at radius 3 is 1.94 bits per heavy atom. The first-order valence-electron chi connectivity index (χ1n) is 5.60. The molecule has 0 fully saturated rings. The normalized spacial score (nSPS) is 13.8. The summed E-state index contributed by atoms with van der Waals surface area (Å²) in [5.41, 5.74) is -1.79. The van der Waals surface area contributed by atoms with Crippen molar-refractivity contribution in [2.45, 2.75) is 46.2 Å². The molecule has 0 saturated heterocycles. The van der Waals surface area contributed by atoms with Gasteiger partial charge in [0, 0.05) is 11.6 Å². The number of rotatable bonds is 1. The molecule has 0 aliphatic rings. The number of hydrogen-bond acceptors (Lipinski definition) is 1. The lowest BCUT2D eigenvalue weighted by Crippen LogP contribution is -2.37. The van der Waals surface area contributed by atoms with Crippen molar-refractivity contribution >= 4 is 11.6 Å². The van der Waals surface area contributed by atoms with Crippen LogP contribution in [0.25, 0.3) is 0 Å². The molecule has 1 heterocycles. The lowest BCUT2D eigenvalue weighted by atomic mass is 9.66.